The highest BCUT2D eigenvalue weighted by atomic mass is 15.1. The lowest BCUT2D eigenvalue weighted by molar-refractivity contribution is 1.07. The molecule has 0 heterocycles. The van der Waals surface area contributed by atoms with Crippen molar-refractivity contribution in [3.05, 3.63) is 60.7 Å². The Bertz CT molecular complexity index is 463. The van der Waals surface area contributed by atoms with Crippen molar-refractivity contribution < 1.29 is 0 Å². The number of nitrogens with zero attached hydrogens (tertiary/aromatic N) is 2. The molecule has 0 radical (unpaired) electrons. The summed E-state index contributed by atoms with van der Waals surface area (Å²) in [7, 11) is 0. The smallest absolute Gasteiger partial charge is 0.0956 e. The van der Waals surface area contributed by atoms with Crippen LogP contribution >= 0.6 is 0 Å². The Kier molecular flexibility index (Phi) is 3.92. The van der Waals surface area contributed by atoms with E-state index in [1.807, 2.05) is 54.9 Å². The SMILES string of the molecule is CCN(C=Nc1ccccc1)c1ccccc1. The van der Waals surface area contributed by atoms with Crippen LogP contribution in [0.1, 0.15) is 6.92 Å². The molecule has 2 heteroatoms. The van der Waals surface area contributed by atoms with Crippen LogP contribution in [0.2, 0.25) is 0 Å². The summed E-state index contributed by atoms with van der Waals surface area (Å²) >= 11 is 0. The number of anilines is 1. The second-order valence-corrected chi connectivity index (χ2v) is 3.70. The van der Waals surface area contributed by atoms with Crippen molar-refractivity contribution in [1.29, 1.82) is 0 Å². The lowest BCUT2D eigenvalue weighted by Crippen LogP contribution is -2.19. The van der Waals surface area contributed by atoms with E-state index in [9.17, 15) is 0 Å². The van der Waals surface area contributed by atoms with Crippen molar-refractivity contribution in [2.24, 2.45) is 4.99 Å². The zero-order valence-corrected chi connectivity index (χ0v) is 9.95. The van der Waals surface area contributed by atoms with Crippen molar-refractivity contribution in [2.75, 3.05) is 11.4 Å². The van der Waals surface area contributed by atoms with E-state index in [2.05, 4.69) is 28.9 Å². The fraction of sp³-hybridized carbons (Fsp3) is 0.133. The van der Waals surface area contributed by atoms with Gasteiger partial charge in [0.15, 0.2) is 0 Å². The van der Waals surface area contributed by atoms with Gasteiger partial charge in [-0.1, -0.05) is 36.4 Å². The fourth-order valence-corrected chi connectivity index (χ4v) is 1.60. The molecule has 0 atom stereocenters. The third kappa shape index (κ3) is 3.18. The lowest BCUT2D eigenvalue weighted by Gasteiger charge is -2.16. The van der Waals surface area contributed by atoms with Crippen molar-refractivity contribution in [1.82, 2.24) is 0 Å². The number of para-hydroxylation sites is 2. The van der Waals surface area contributed by atoms with Gasteiger partial charge in [0.05, 0.1) is 12.0 Å². The van der Waals surface area contributed by atoms with Gasteiger partial charge >= 0.3 is 0 Å². The summed E-state index contributed by atoms with van der Waals surface area (Å²) in [5, 5.41) is 0. The van der Waals surface area contributed by atoms with Gasteiger partial charge in [-0.05, 0) is 31.2 Å². The van der Waals surface area contributed by atoms with Crippen LogP contribution in [0.15, 0.2) is 65.7 Å². The maximum Gasteiger partial charge on any atom is 0.0956 e. The van der Waals surface area contributed by atoms with Crippen LogP contribution in [0.4, 0.5) is 11.4 Å². The topological polar surface area (TPSA) is 15.6 Å². The van der Waals surface area contributed by atoms with Gasteiger partial charge in [0, 0.05) is 12.2 Å². The fourth-order valence-electron chi connectivity index (χ4n) is 1.60. The molecule has 0 fully saturated rings. The minimum absolute atomic E-state index is 0.903. The van der Waals surface area contributed by atoms with E-state index in [0.29, 0.717) is 0 Å². The minimum Gasteiger partial charge on any atom is -0.333 e. The third-order valence-electron chi connectivity index (χ3n) is 2.53. The summed E-state index contributed by atoms with van der Waals surface area (Å²) in [5.74, 6) is 0. The summed E-state index contributed by atoms with van der Waals surface area (Å²) in [6.07, 6.45) is 1.88. The summed E-state index contributed by atoms with van der Waals surface area (Å²) in [6.45, 7) is 3.02. The molecule has 0 bridgehead atoms. The first kappa shape index (κ1) is 11.4. The van der Waals surface area contributed by atoms with Crippen LogP contribution in [-0.2, 0) is 0 Å². The monoisotopic (exact) mass is 224 g/mol. The Morgan fingerprint density at radius 2 is 1.53 bits per heavy atom. The normalized spacial score (nSPS) is 10.6. The maximum absolute atomic E-state index is 4.45. The van der Waals surface area contributed by atoms with E-state index in [1.165, 1.54) is 0 Å². The third-order valence-corrected chi connectivity index (χ3v) is 2.53. The Hall–Kier alpha value is -2.09. The van der Waals surface area contributed by atoms with Crippen LogP contribution in [0.5, 0.6) is 0 Å². The molecule has 0 aliphatic rings. The highest BCUT2D eigenvalue weighted by Gasteiger charge is 1.98. The predicted molar refractivity (Wildman–Crippen MR) is 74.1 cm³/mol. The van der Waals surface area contributed by atoms with Gasteiger partial charge in [-0.25, -0.2) is 4.99 Å². The molecule has 2 aromatic rings. The molecular weight excluding hydrogens is 208 g/mol. The average Bonchev–Trinajstić information content (AvgIpc) is 2.42. The molecule has 2 aromatic carbocycles. The van der Waals surface area contributed by atoms with Crippen LogP contribution in [0, 0.1) is 0 Å². The number of hydrogen-bond donors (Lipinski definition) is 0. The summed E-state index contributed by atoms with van der Waals surface area (Å²) in [4.78, 5) is 6.57. The molecule has 0 spiro atoms. The van der Waals surface area contributed by atoms with Crippen molar-refractivity contribution in [3.8, 4) is 0 Å². The Morgan fingerprint density at radius 3 is 2.12 bits per heavy atom. The molecule has 0 aliphatic heterocycles. The summed E-state index contributed by atoms with van der Waals surface area (Å²) in [6, 6.07) is 20.2. The van der Waals surface area contributed by atoms with Gasteiger partial charge in [0.2, 0.25) is 0 Å². The van der Waals surface area contributed by atoms with Crippen LogP contribution < -0.4 is 4.90 Å². The van der Waals surface area contributed by atoms with Crippen LogP contribution in [0.3, 0.4) is 0 Å². The highest BCUT2D eigenvalue weighted by molar-refractivity contribution is 5.80. The Balaban J connectivity index is 2.14. The van der Waals surface area contributed by atoms with E-state index in [-0.39, 0.29) is 0 Å². The Labute approximate surface area is 102 Å². The summed E-state index contributed by atoms with van der Waals surface area (Å²) < 4.78 is 0. The molecule has 0 aromatic heterocycles. The van der Waals surface area contributed by atoms with Gasteiger partial charge < -0.3 is 4.90 Å². The second-order valence-electron chi connectivity index (χ2n) is 3.70. The molecule has 0 aliphatic carbocycles. The maximum atomic E-state index is 4.45. The lowest BCUT2D eigenvalue weighted by atomic mass is 10.3. The molecule has 2 rings (SSSR count). The zero-order chi connectivity index (χ0) is 11.9. The largest absolute Gasteiger partial charge is 0.333 e. The van der Waals surface area contributed by atoms with Gasteiger partial charge in [-0.3, -0.25) is 0 Å². The first-order valence-electron chi connectivity index (χ1n) is 5.81. The first-order chi connectivity index (χ1) is 8.40. The van der Waals surface area contributed by atoms with E-state index in [1.54, 1.807) is 0 Å². The van der Waals surface area contributed by atoms with Gasteiger partial charge in [0.1, 0.15) is 0 Å². The average molecular weight is 224 g/mol. The zero-order valence-electron chi connectivity index (χ0n) is 9.95. The van der Waals surface area contributed by atoms with E-state index in [0.717, 1.165) is 17.9 Å². The molecule has 2 nitrogen and oxygen atoms in total. The molecule has 0 saturated carbocycles. The van der Waals surface area contributed by atoms with Crippen LogP contribution in [-0.4, -0.2) is 12.9 Å². The van der Waals surface area contributed by atoms with Crippen molar-refractivity contribution >= 4 is 17.7 Å². The van der Waals surface area contributed by atoms with Gasteiger partial charge in [0.25, 0.3) is 0 Å². The first-order valence-corrected chi connectivity index (χ1v) is 5.81. The molecule has 17 heavy (non-hydrogen) atoms. The molecule has 0 saturated heterocycles. The quantitative estimate of drug-likeness (QED) is 0.568. The number of aliphatic imine (C=N–C) groups is 1. The molecular formula is C15H16N2. The Morgan fingerprint density at radius 1 is 0.941 bits per heavy atom. The number of hydrogen-bond acceptors (Lipinski definition) is 1. The molecule has 0 amide bonds. The summed E-state index contributed by atoms with van der Waals surface area (Å²) in [5.41, 5.74) is 2.14. The molecule has 86 valence electrons. The van der Waals surface area contributed by atoms with Crippen LogP contribution in [0.25, 0.3) is 0 Å². The van der Waals surface area contributed by atoms with Crippen molar-refractivity contribution in [3.63, 3.8) is 0 Å². The van der Waals surface area contributed by atoms with E-state index < -0.39 is 0 Å². The molecule has 0 N–H and O–H groups in total. The molecule has 0 unspecified atom stereocenters. The standard InChI is InChI=1S/C15H16N2/c1-2-17(15-11-7-4-8-12-15)13-16-14-9-5-3-6-10-14/h3-13H,2H2,1H3. The minimum atomic E-state index is 0.903. The van der Waals surface area contributed by atoms with Gasteiger partial charge in [-0.2, -0.15) is 0 Å². The van der Waals surface area contributed by atoms with E-state index >= 15 is 0 Å². The number of rotatable bonds is 4. The van der Waals surface area contributed by atoms with E-state index in [4.69, 9.17) is 0 Å². The predicted octanol–water partition coefficient (Wildman–Crippen LogP) is 3.87. The van der Waals surface area contributed by atoms with Gasteiger partial charge in [-0.15, -0.1) is 0 Å². The van der Waals surface area contributed by atoms with Crippen molar-refractivity contribution in [2.45, 2.75) is 6.92 Å². The second kappa shape index (κ2) is 5.85. The number of benzene rings is 2. The highest BCUT2D eigenvalue weighted by Crippen LogP contribution is 2.13.